The topological polar surface area (TPSA) is 62.9 Å². The summed E-state index contributed by atoms with van der Waals surface area (Å²) >= 11 is 0. The highest BCUT2D eigenvalue weighted by atomic mass is 16.5. The largest absolute Gasteiger partial charge is 0.497 e. The summed E-state index contributed by atoms with van der Waals surface area (Å²) in [5.74, 6) is 2.75. The smallest absolute Gasteiger partial charge is 0.130 e. The summed E-state index contributed by atoms with van der Waals surface area (Å²) in [6, 6.07) is 11.2. The predicted octanol–water partition coefficient (Wildman–Crippen LogP) is 3.07. The SMILES string of the molecule is COc1cc(OC)cc(C(=CN)c2ccc(OC)cc2OC)c1. The van der Waals surface area contributed by atoms with Gasteiger partial charge in [-0.2, -0.15) is 0 Å². The Kier molecular flexibility index (Phi) is 5.36. The van der Waals surface area contributed by atoms with E-state index >= 15 is 0 Å². The third-order valence-electron chi connectivity index (χ3n) is 3.53. The minimum absolute atomic E-state index is 0.669. The van der Waals surface area contributed by atoms with Crippen LogP contribution in [0.15, 0.2) is 42.6 Å². The third kappa shape index (κ3) is 3.51. The van der Waals surface area contributed by atoms with Crippen molar-refractivity contribution in [2.75, 3.05) is 28.4 Å². The number of hydrogen-bond donors (Lipinski definition) is 1. The molecule has 23 heavy (non-hydrogen) atoms. The van der Waals surface area contributed by atoms with E-state index in [9.17, 15) is 0 Å². The molecular formula is C18H21NO4. The van der Waals surface area contributed by atoms with Crippen LogP contribution in [0.25, 0.3) is 5.57 Å². The van der Waals surface area contributed by atoms with Crippen molar-refractivity contribution in [1.82, 2.24) is 0 Å². The summed E-state index contributed by atoms with van der Waals surface area (Å²) in [5.41, 5.74) is 8.41. The number of ether oxygens (including phenoxy) is 4. The van der Waals surface area contributed by atoms with E-state index in [1.54, 1.807) is 34.6 Å². The normalized spacial score (nSPS) is 11.0. The van der Waals surface area contributed by atoms with E-state index < -0.39 is 0 Å². The first-order chi connectivity index (χ1) is 11.2. The Morgan fingerprint density at radius 2 is 1.39 bits per heavy atom. The Bertz CT molecular complexity index is 688. The maximum absolute atomic E-state index is 5.88. The van der Waals surface area contributed by atoms with Gasteiger partial charge < -0.3 is 24.7 Å². The number of nitrogens with two attached hydrogens (primary N) is 1. The number of benzene rings is 2. The van der Waals surface area contributed by atoms with Crippen LogP contribution < -0.4 is 24.7 Å². The van der Waals surface area contributed by atoms with Gasteiger partial charge in [-0.1, -0.05) is 0 Å². The molecule has 0 amide bonds. The maximum Gasteiger partial charge on any atom is 0.130 e. The van der Waals surface area contributed by atoms with E-state index in [-0.39, 0.29) is 0 Å². The fourth-order valence-electron chi connectivity index (χ4n) is 2.33. The molecule has 0 aliphatic rings. The molecule has 0 fully saturated rings. The molecule has 2 rings (SSSR count). The van der Waals surface area contributed by atoms with Crippen molar-refractivity contribution in [1.29, 1.82) is 0 Å². The van der Waals surface area contributed by atoms with Crippen LogP contribution in [-0.2, 0) is 0 Å². The first kappa shape index (κ1) is 16.5. The Balaban J connectivity index is 2.57. The third-order valence-corrected chi connectivity index (χ3v) is 3.53. The molecule has 5 heteroatoms. The second-order valence-corrected chi connectivity index (χ2v) is 4.75. The quantitative estimate of drug-likeness (QED) is 0.887. The molecule has 0 saturated heterocycles. The minimum Gasteiger partial charge on any atom is -0.497 e. The Morgan fingerprint density at radius 1 is 0.783 bits per heavy atom. The molecule has 0 aromatic heterocycles. The Labute approximate surface area is 136 Å². The maximum atomic E-state index is 5.88. The van der Waals surface area contributed by atoms with Crippen LogP contribution in [0.1, 0.15) is 11.1 Å². The number of hydrogen-bond acceptors (Lipinski definition) is 5. The highest BCUT2D eigenvalue weighted by Gasteiger charge is 2.14. The summed E-state index contributed by atoms with van der Waals surface area (Å²) < 4.78 is 21.3. The lowest BCUT2D eigenvalue weighted by molar-refractivity contribution is 0.392. The molecule has 0 unspecified atom stereocenters. The molecule has 5 nitrogen and oxygen atoms in total. The van der Waals surface area contributed by atoms with E-state index in [4.69, 9.17) is 24.7 Å². The molecule has 0 spiro atoms. The van der Waals surface area contributed by atoms with Crippen molar-refractivity contribution < 1.29 is 18.9 Å². The first-order valence-corrected chi connectivity index (χ1v) is 7.04. The predicted molar refractivity (Wildman–Crippen MR) is 90.4 cm³/mol. The van der Waals surface area contributed by atoms with Crippen molar-refractivity contribution in [3.63, 3.8) is 0 Å². The van der Waals surface area contributed by atoms with Crippen LogP contribution in [0.4, 0.5) is 0 Å². The molecule has 0 aliphatic carbocycles. The minimum atomic E-state index is 0.669. The zero-order valence-electron chi connectivity index (χ0n) is 13.8. The zero-order valence-corrected chi connectivity index (χ0v) is 13.8. The second-order valence-electron chi connectivity index (χ2n) is 4.75. The van der Waals surface area contributed by atoms with Gasteiger partial charge in [0, 0.05) is 29.5 Å². The van der Waals surface area contributed by atoms with Gasteiger partial charge in [0.1, 0.15) is 23.0 Å². The standard InChI is InChI=1S/C18H21NO4/c1-20-13-5-6-16(18(10-13)23-4)17(11-19)12-7-14(21-2)9-15(8-12)22-3/h5-11H,19H2,1-4H3. The molecule has 0 radical (unpaired) electrons. The van der Waals surface area contributed by atoms with E-state index in [0.29, 0.717) is 23.0 Å². The van der Waals surface area contributed by atoms with Crippen LogP contribution in [-0.4, -0.2) is 28.4 Å². The van der Waals surface area contributed by atoms with E-state index in [1.165, 1.54) is 0 Å². The van der Waals surface area contributed by atoms with Gasteiger partial charge in [0.25, 0.3) is 0 Å². The van der Waals surface area contributed by atoms with Gasteiger partial charge in [0.2, 0.25) is 0 Å². The summed E-state index contributed by atoms with van der Waals surface area (Å²) in [6.45, 7) is 0. The molecule has 2 aromatic rings. The van der Waals surface area contributed by atoms with Gasteiger partial charge in [0.05, 0.1) is 28.4 Å². The zero-order chi connectivity index (χ0) is 16.8. The lowest BCUT2D eigenvalue weighted by Crippen LogP contribution is -1.98. The molecule has 0 heterocycles. The molecule has 0 atom stereocenters. The van der Waals surface area contributed by atoms with Crippen molar-refractivity contribution >= 4 is 5.57 Å². The average molecular weight is 315 g/mol. The van der Waals surface area contributed by atoms with Gasteiger partial charge in [-0.3, -0.25) is 0 Å². The monoisotopic (exact) mass is 315 g/mol. The van der Waals surface area contributed by atoms with Gasteiger partial charge in [-0.25, -0.2) is 0 Å². The number of rotatable bonds is 6. The van der Waals surface area contributed by atoms with E-state index in [1.807, 2.05) is 36.4 Å². The lowest BCUT2D eigenvalue weighted by Gasteiger charge is -2.15. The molecule has 2 N–H and O–H groups in total. The summed E-state index contributed by atoms with van der Waals surface area (Å²) in [7, 11) is 6.44. The summed E-state index contributed by atoms with van der Waals surface area (Å²) in [6.07, 6.45) is 1.54. The summed E-state index contributed by atoms with van der Waals surface area (Å²) in [5, 5.41) is 0. The van der Waals surface area contributed by atoms with Crippen LogP contribution in [0, 0.1) is 0 Å². The highest BCUT2D eigenvalue weighted by molar-refractivity contribution is 5.84. The van der Waals surface area contributed by atoms with Crippen LogP contribution in [0.3, 0.4) is 0 Å². The van der Waals surface area contributed by atoms with Gasteiger partial charge in [0.15, 0.2) is 0 Å². The van der Waals surface area contributed by atoms with Gasteiger partial charge in [-0.05, 0) is 29.8 Å². The van der Waals surface area contributed by atoms with Gasteiger partial charge >= 0.3 is 0 Å². The van der Waals surface area contributed by atoms with E-state index in [2.05, 4.69) is 0 Å². The Hall–Kier alpha value is -2.82. The average Bonchev–Trinajstić information content (AvgIpc) is 2.62. The summed E-state index contributed by atoms with van der Waals surface area (Å²) in [4.78, 5) is 0. The number of methoxy groups -OCH3 is 4. The first-order valence-electron chi connectivity index (χ1n) is 7.04. The van der Waals surface area contributed by atoms with Crippen molar-refractivity contribution in [3.8, 4) is 23.0 Å². The van der Waals surface area contributed by atoms with Crippen molar-refractivity contribution in [2.45, 2.75) is 0 Å². The van der Waals surface area contributed by atoms with Gasteiger partial charge in [-0.15, -0.1) is 0 Å². The lowest BCUT2D eigenvalue weighted by atomic mass is 9.97. The molecule has 0 saturated carbocycles. The molecule has 122 valence electrons. The highest BCUT2D eigenvalue weighted by Crippen LogP contribution is 2.36. The Morgan fingerprint density at radius 3 is 1.87 bits per heavy atom. The molecular weight excluding hydrogens is 294 g/mol. The second kappa shape index (κ2) is 7.45. The fourth-order valence-corrected chi connectivity index (χ4v) is 2.33. The van der Waals surface area contributed by atoms with Crippen molar-refractivity contribution in [3.05, 3.63) is 53.7 Å². The fraction of sp³-hybridized carbons (Fsp3) is 0.222. The molecule has 2 aromatic carbocycles. The van der Waals surface area contributed by atoms with Crippen LogP contribution >= 0.6 is 0 Å². The van der Waals surface area contributed by atoms with Crippen LogP contribution in [0.2, 0.25) is 0 Å². The van der Waals surface area contributed by atoms with Crippen molar-refractivity contribution in [2.24, 2.45) is 5.73 Å². The van der Waals surface area contributed by atoms with E-state index in [0.717, 1.165) is 16.7 Å². The molecule has 0 aliphatic heterocycles. The molecule has 0 bridgehead atoms. The van der Waals surface area contributed by atoms with Crippen LogP contribution in [0.5, 0.6) is 23.0 Å².